The minimum Gasteiger partial charge on any atom is -0.326 e. The number of aryl methyl sites for hydroxylation is 4. The summed E-state index contributed by atoms with van der Waals surface area (Å²) < 4.78 is 0. The Labute approximate surface area is 180 Å². The molecule has 0 aliphatic heterocycles. The van der Waals surface area contributed by atoms with Gasteiger partial charge in [0.1, 0.15) is 9.88 Å². The van der Waals surface area contributed by atoms with Gasteiger partial charge < -0.3 is 10.6 Å². The topological polar surface area (TPSA) is 71.1 Å². The summed E-state index contributed by atoms with van der Waals surface area (Å²) in [6.45, 7) is 7.91. The van der Waals surface area contributed by atoms with E-state index in [-0.39, 0.29) is 17.7 Å². The van der Waals surface area contributed by atoms with E-state index in [4.69, 9.17) is 0 Å². The van der Waals surface area contributed by atoms with E-state index >= 15 is 0 Å². The van der Waals surface area contributed by atoms with E-state index in [0.29, 0.717) is 21.9 Å². The molecule has 1 heterocycles. The molecular formula is C24H25N3O2S. The first-order chi connectivity index (χ1) is 14.3. The Hall–Kier alpha value is -2.99. The van der Waals surface area contributed by atoms with E-state index in [0.717, 1.165) is 34.5 Å². The van der Waals surface area contributed by atoms with Crippen LogP contribution in [0.5, 0.6) is 0 Å². The van der Waals surface area contributed by atoms with Crippen molar-refractivity contribution in [3.05, 3.63) is 63.7 Å². The fourth-order valence-electron chi connectivity index (χ4n) is 3.38. The van der Waals surface area contributed by atoms with Crippen molar-refractivity contribution in [3.63, 3.8) is 0 Å². The van der Waals surface area contributed by atoms with Gasteiger partial charge in [-0.25, -0.2) is 4.98 Å². The molecule has 5 nitrogen and oxygen atoms in total. The number of amides is 2. The molecule has 4 rings (SSSR count). The van der Waals surface area contributed by atoms with Crippen LogP contribution in [-0.4, -0.2) is 16.8 Å². The molecule has 1 aromatic heterocycles. The van der Waals surface area contributed by atoms with Gasteiger partial charge in [0, 0.05) is 22.9 Å². The summed E-state index contributed by atoms with van der Waals surface area (Å²) in [6.07, 6.45) is 1.91. The lowest BCUT2D eigenvalue weighted by molar-refractivity contribution is -0.117. The first kappa shape index (κ1) is 20.3. The number of benzene rings is 2. The van der Waals surface area contributed by atoms with Crippen molar-refractivity contribution in [2.45, 2.75) is 40.5 Å². The van der Waals surface area contributed by atoms with Gasteiger partial charge in [-0.1, -0.05) is 29.8 Å². The average Bonchev–Trinajstić information content (AvgIpc) is 3.47. The molecule has 2 amide bonds. The Kier molecular flexibility index (Phi) is 5.43. The van der Waals surface area contributed by atoms with Crippen LogP contribution in [0.3, 0.4) is 0 Å². The maximum atomic E-state index is 13.0. The van der Waals surface area contributed by atoms with Gasteiger partial charge in [-0.05, 0) is 63.8 Å². The fraction of sp³-hybridized carbons (Fsp3) is 0.292. The number of carbonyl (C=O) groups excluding carboxylic acids is 2. The van der Waals surface area contributed by atoms with Crippen LogP contribution in [0.1, 0.15) is 44.9 Å². The molecule has 1 aliphatic rings. The van der Waals surface area contributed by atoms with Gasteiger partial charge in [-0.3, -0.25) is 9.59 Å². The summed E-state index contributed by atoms with van der Waals surface area (Å²) in [5.74, 6) is -0.00448. The van der Waals surface area contributed by atoms with E-state index in [1.807, 2.05) is 32.0 Å². The molecule has 3 aromatic rings. The van der Waals surface area contributed by atoms with Gasteiger partial charge >= 0.3 is 0 Å². The number of thiazole rings is 1. The highest BCUT2D eigenvalue weighted by atomic mass is 32.1. The number of nitrogens with one attached hydrogen (secondary N) is 2. The Morgan fingerprint density at radius 2 is 1.73 bits per heavy atom. The van der Waals surface area contributed by atoms with Crippen molar-refractivity contribution >= 4 is 34.5 Å². The average molecular weight is 420 g/mol. The van der Waals surface area contributed by atoms with Crippen LogP contribution in [0.4, 0.5) is 11.4 Å². The number of aromatic nitrogens is 1. The third kappa shape index (κ3) is 4.28. The van der Waals surface area contributed by atoms with Gasteiger partial charge in [-0.15, -0.1) is 11.3 Å². The number of hydrogen-bond donors (Lipinski definition) is 2. The van der Waals surface area contributed by atoms with E-state index in [2.05, 4.69) is 47.7 Å². The Morgan fingerprint density at radius 3 is 2.43 bits per heavy atom. The van der Waals surface area contributed by atoms with Gasteiger partial charge in [0.15, 0.2) is 0 Å². The second-order valence-electron chi connectivity index (χ2n) is 8.00. The second kappa shape index (κ2) is 8.03. The smallest absolute Gasteiger partial charge is 0.267 e. The van der Waals surface area contributed by atoms with Crippen molar-refractivity contribution in [1.82, 2.24) is 4.98 Å². The molecule has 0 unspecified atom stereocenters. The van der Waals surface area contributed by atoms with Crippen molar-refractivity contribution in [2.24, 2.45) is 5.92 Å². The van der Waals surface area contributed by atoms with Crippen LogP contribution in [0.25, 0.3) is 10.6 Å². The quantitative estimate of drug-likeness (QED) is 0.562. The lowest BCUT2D eigenvalue weighted by Gasteiger charge is -2.11. The Balaban J connectivity index is 1.55. The summed E-state index contributed by atoms with van der Waals surface area (Å²) in [4.78, 5) is 30.3. The van der Waals surface area contributed by atoms with Crippen LogP contribution in [0.15, 0.2) is 36.4 Å². The molecule has 6 heteroatoms. The van der Waals surface area contributed by atoms with Crippen molar-refractivity contribution in [3.8, 4) is 10.6 Å². The van der Waals surface area contributed by atoms with E-state index in [1.54, 1.807) is 0 Å². The zero-order valence-electron chi connectivity index (χ0n) is 17.6. The lowest BCUT2D eigenvalue weighted by atomic mass is 10.1. The monoisotopic (exact) mass is 419 g/mol. The maximum absolute atomic E-state index is 13.0. The van der Waals surface area contributed by atoms with Crippen LogP contribution < -0.4 is 10.6 Å². The maximum Gasteiger partial charge on any atom is 0.267 e. The number of hydrogen-bond acceptors (Lipinski definition) is 4. The normalized spacial score (nSPS) is 13.2. The van der Waals surface area contributed by atoms with Crippen molar-refractivity contribution in [2.75, 3.05) is 10.6 Å². The fourth-order valence-corrected chi connectivity index (χ4v) is 4.43. The summed E-state index contributed by atoms with van der Waals surface area (Å²) in [5, 5.41) is 6.77. The highest BCUT2D eigenvalue weighted by Crippen LogP contribution is 2.33. The molecule has 30 heavy (non-hydrogen) atoms. The number of anilines is 2. The van der Waals surface area contributed by atoms with E-state index in [1.165, 1.54) is 16.9 Å². The minimum absolute atomic E-state index is 0.0486. The molecule has 0 bridgehead atoms. The molecule has 154 valence electrons. The summed E-state index contributed by atoms with van der Waals surface area (Å²) in [7, 11) is 0. The van der Waals surface area contributed by atoms with E-state index < -0.39 is 0 Å². The predicted octanol–water partition coefficient (Wildman–Crippen LogP) is 5.64. The zero-order chi connectivity index (χ0) is 21.4. The van der Waals surface area contributed by atoms with Gasteiger partial charge in [0.05, 0.1) is 5.69 Å². The van der Waals surface area contributed by atoms with Crippen LogP contribution in [0, 0.1) is 33.6 Å². The molecule has 1 saturated carbocycles. The van der Waals surface area contributed by atoms with Crippen molar-refractivity contribution in [1.29, 1.82) is 0 Å². The lowest BCUT2D eigenvalue weighted by Crippen LogP contribution is -2.15. The Morgan fingerprint density at radius 1 is 0.967 bits per heavy atom. The van der Waals surface area contributed by atoms with Crippen molar-refractivity contribution < 1.29 is 9.59 Å². The predicted molar refractivity (Wildman–Crippen MR) is 122 cm³/mol. The number of rotatable bonds is 5. The Bertz CT molecular complexity index is 1150. The highest BCUT2D eigenvalue weighted by molar-refractivity contribution is 7.17. The summed E-state index contributed by atoms with van der Waals surface area (Å²) in [6, 6.07) is 11.8. The minimum atomic E-state index is -0.185. The highest BCUT2D eigenvalue weighted by Gasteiger charge is 2.29. The number of carbonyl (C=O) groups is 2. The summed E-state index contributed by atoms with van der Waals surface area (Å²) in [5.41, 5.74) is 6.43. The molecule has 0 spiro atoms. The van der Waals surface area contributed by atoms with Gasteiger partial charge in [-0.2, -0.15) is 0 Å². The standard InChI is InChI=1S/C24H25N3O2S/c1-13-5-10-19(15(3)11-13)24-25-16(4)21(30-24)23(29)27-20-12-18(9-6-14(20)2)26-22(28)17-7-8-17/h5-6,9-12,17H,7-8H2,1-4H3,(H,26,28)(H,27,29). The molecule has 0 atom stereocenters. The van der Waals surface area contributed by atoms with Crippen LogP contribution in [-0.2, 0) is 4.79 Å². The second-order valence-corrected chi connectivity index (χ2v) is 9.00. The molecule has 0 radical (unpaired) electrons. The number of nitrogens with zero attached hydrogens (tertiary/aromatic N) is 1. The molecular weight excluding hydrogens is 394 g/mol. The largest absolute Gasteiger partial charge is 0.326 e. The molecule has 2 aromatic carbocycles. The summed E-state index contributed by atoms with van der Waals surface area (Å²) >= 11 is 1.40. The zero-order valence-corrected chi connectivity index (χ0v) is 18.4. The first-order valence-electron chi connectivity index (χ1n) is 10.1. The SMILES string of the molecule is Cc1ccc(-c2nc(C)c(C(=O)Nc3cc(NC(=O)C4CC4)ccc3C)s2)c(C)c1. The molecule has 0 saturated heterocycles. The van der Waals surface area contributed by atoms with Gasteiger partial charge in [0.25, 0.3) is 5.91 Å². The van der Waals surface area contributed by atoms with Crippen LogP contribution >= 0.6 is 11.3 Å². The molecule has 1 fully saturated rings. The third-order valence-electron chi connectivity index (χ3n) is 5.32. The van der Waals surface area contributed by atoms with Crippen LogP contribution in [0.2, 0.25) is 0 Å². The third-order valence-corrected chi connectivity index (χ3v) is 6.51. The molecule has 1 aliphatic carbocycles. The first-order valence-corrected chi connectivity index (χ1v) is 10.9. The van der Waals surface area contributed by atoms with Gasteiger partial charge in [0.2, 0.25) is 5.91 Å². The molecule has 2 N–H and O–H groups in total. The van der Waals surface area contributed by atoms with E-state index in [9.17, 15) is 9.59 Å².